The van der Waals surface area contributed by atoms with Gasteiger partial charge in [0.2, 0.25) is 0 Å². The third-order valence-electron chi connectivity index (χ3n) is 5.38. The summed E-state index contributed by atoms with van der Waals surface area (Å²) >= 11 is 0. The van der Waals surface area contributed by atoms with E-state index in [1.54, 1.807) is 18.2 Å². The molecule has 0 amide bonds. The molecular weight excluding hydrogens is 236 g/mol. The summed E-state index contributed by atoms with van der Waals surface area (Å²) in [5.74, 6) is 4.17. The number of hydrogen-bond donors (Lipinski definition) is 0. The highest BCUT2D eigenvalue weighted by atomic mass is 16.7. The van der Waals surface area contributed by atoms with Crippen LogP contribution in [0.25, 0.3) is 0 Å². The van der Waals surface area contributed by atoms with Gasteiger partial charge in [-0.1, -0.05) is 26.8 Å². The quantitative estimate of drug-likeness (QED) is 0.759. The van der Waals surface area contributed by atoms with Crippen LogP contribution in [0.1, 0.15) is 55.7 Å². The van der Waals surface area contributed by atoms with Crippen molar-refractivity contribution in [2.45, 2.75) is 45.4 Å². The molecule has 4 unspecified atom stereocenters. The zero-order chi connectivity index (χ0) is 13.6. The summed E-state index contributed by atoms with van der Waals surface area (Å²) in [6, 6.07) is 4.69. The van der Waals surface area contributed by atoms with E-state index in [0.29, 0.717) is 6.79 Å². The van der Waals surface area contributed by atoms with E-state index in [2.05, 4.69) is 32.9 Å². The first-order valence-corrected chi connectivity index (χ1v) is 7.45. The summed E-state index contributed by atoms with van der Waals surface area (Å²) in [5, 5.41) is 0. The lowest BCUT2D eigenvalue weighted by Gasteiger charge is -2.28. The molecule has 0 heterocycles. The van der Waals surface area contributed by atoms with Crippen molar-refractivity contribution in [1.29, 1.82) is 0 Å². The Labute approximate surface area is 116 Å². The summed E-state index contributed by atoms with van der Waals surface area (Å²) in [6.45, 7) is 7.35. The van der Waals surface area contributed by atoms with Gasteiger partial charge in [0.05, 0.1) is 0 Å². The van der Waals surface area contributed by atoms with Crippen molar-refractivity contribution < 1.29 is 9.47 Å². The fourth-order valence-electron chi connectivity index (χ4n) is 4.09. The number of benzene rings is 1. The van der Waals surface area contributed by atoms with E-state index in [1.165, 1.54) is 12.0 Å². The lowest BCUT2D eigenvalue weighted by molar-refractivity contribution is 0.0503. The fourth-order valence-corrected chi connectivity index (χ4v) is 4.09. The molecule has 2 aliphatic carbocycles. The topological polar surface area (TPSA) is 18.5 Å². The van der Waals surface area contributed by atoms with Crippen molar-refractivity contribution in [3.63, 3.8) is 0 Å². The van der Waals surface area contributed by atoms with Gasteiger partial charge in [0.25, 0.3) is 0 Å². The van der Waals surface area contributed by atoms with Gasteiger partial charge >= 0.3 is 0 Å². The van der Waals surface area contributed by atoms with Crippen LogP contribution in [0.2, 0.25) is 0 Å². The Kier molecular flexibility index (Phi) is 3.30. The Hall–Kier alpha value is -1.02. The van der Waals surface area contributed by atoms with E-state index in [-0.39, 0.29) is 0 Å². The van der Waals surface area contributed by atoms with Crippen molar-refractivity contribution in [3.05, 3.63) is 28.8 Å². The molecule has 0 saturated heterocycles. The molecule has 2 nitrogen and oxygen atoms in total. The molecule has 2 heteroatoms. The number of hydrogen-bond acceptors (Lipinski definition) is 2. The average Bonchev–Trinajstić information content (AvgIpc) is 2.93. The molecule has 2 bridgehead atoms. The minimum absolute atomic E-state index is 0.339. The van der Waals surface area contributed by atoms with Crippen LogP contribution in [0.4, 0.5) is 0 Å². The number of rotatable bonds is 4. The van der Waals surface area contributed by atoms with Crippen LogP contribution < -0.4 is 4.74 Å². The smallest absolute Gasteiger partial charge is 0.188 e. The molecule has 4 atom stereocenters. The summed E-state index contributed by atoms with van der Waals surface area (Å²) < 4.78 is 10.8. The maximum absolute atomic E-state index is 5.75. The van der Waals surface area contributed by atoms with Gasteiger partial charge in [-0.15, -0.1) is 0 Å². The predicted octanol–water partition coefficient (Wildman–Crippen LogP) is 4.09. The monoisotopic (exact) mass is 260 g/mol. The van der Waals surface area contributed by atoms with Gasteiger partial charge in [0, 0.05) is 7.11 Å². The second kappa shape index (κ2) is 4.82. The summed E-state index contributed by atoms with van der Waals surface area (Å²) in [5.41, 5.74) is 4.46. The standard InChI is InChI=1S/C17H24O2/c1-5-12-6-15-13-7-14(11(3)10(13)2)16(15)8-17(12)19-9-18-4/h6,8,10-11,13-14H,5,7,9H2,1-4H3. The molecule has 0 aromatic heterocycles. The minimum atomic E-state index is 0.339. The van der Waals surface area contributed by atoms with Gasteiger partial charge < -0.3 is 9.47 Å². The van der Waals surface area contributed by atoms with Crippen LogP contribution >= 0.6 is 0 Å². The summed E-state index contributed by atoms with van der Waals surface area (Å²) in [4.78, 5) is 0. The highest BCUT2D eigenvalue weighted by Gasteiger charge is 2.46. The Morgan fingerprint density at radius 3 is 2.32 bits per heavy atom. The first-order valence-electron chi connectivity index (χ1n) is 7.45. The molecule has 1 saturated carbocycles. The van der Waals surface area contributed by atoms with Crippen molar-refractivity contribution in [2.24, 2.45) is 11.8 Å². The van der Waals surface area contributed by atoms with Gasteiger partial charge in [-0.25, -0.2) is 0 Å². The highest BCUT2D eigenvalue weighted by Crippen LogP contribution is 2.59. The van der Waals surface area contributed by atoms with Gasteiger partial charge in [0.1, 0.15) is 5.75 Å². The zero-order valence-corrected chi connectivity index (χ0v) is 12.4. The lowest BCUT2D eigenvalue weighted by Crippen LogP contribution is -2.17. The van der Waals surface area contributed by atoms with Crippen molar-refractivity contribution in [3.8, 4) is 5.75 Å². The Balaban J connectivity index is 2.00. The number of methoxy groups -OCH3 is 1. The first-order chi connectivity index (χ1) is 9.17. The number of aryl methyl sites for hydroxylation is 1. The van der Waals surface area contributed by atoms with Crippen LogP contribution in [0.3, 0.4) is 0 Å². The molecule has 3 rings (SSSR count). The molecule has 0 aliphatic heterocycles. The zero-order valence-electron chi connectivity index (χ0n) is 12.4. The molecular formula is C17H24O2. The molecule has 0 N–H and O–H groups in total. The predicted molar refractivity (Wildman–Crippen MR) is 76.8 cm³/mol. The third-order valence-corrected chi connectivity index (χ3v) is 5.38. The molecule has 1 aromatic rings. The Bertz CT molecular complexity index is 480. The molecule has 0 spiro atoms. The summed E-state index contributed by atoms with van der Waals surface area (Å²) in [6.07, 6.45) is 2.36. The van der Waals surface area contributed by atoms with Gasteiger partial charge in [0.15, 0.2) is 6.79 Å². The van der Waals surface area contributed by atoms with Crippen molar-refractivity contribution >= 4 is 0 Å². The van der Waals surface area contributed by atoms with E-state index in [9.17, 15) is 0 Å². The lowest BCUT2D eigenvalue weighted by atomic mass is 9.77. The van der Waals surface area contributed by atoms with E-state index < -0.39 is 0 Å². The molecule has 1 aromatic carbocycles. The highest BCUT2D eigenvalue weighted by molar-refractivity contribution is 5.51. The largest absolute Gasteiger partial charge is 0.467 e. The van der Waals surface area contributed by atoms with Crippen LogP contribution in [-0.2, 0) is 11.2 Å². The van der Waals surface area contributed by atoms with Crippen LogP contribution in [-0.4, -0.2) is 13.9 Å². The SMILES string of the molecule is CCc1cc2c(cc1OCOC)C1CC2C(C)C1C. The minimum Gasteiger partial charge on any atom is -0.467 e. The molecule has 2 aliphatic rings. The fraction of sp³-hybridized carbons (Fsp3) is 0.647. The summed E-state index contributed by atoms with van der Waals surface area (Å²) in [7, 11) is 1.67. The molecule has 0 radical (unpaired) electrons. The van der Waals surface area contributed by atoms with E-state index >= 15 is 0 Å². The van der Waals surface area contributed by atoms with Gasteiger partial charge in [-0.05, 0) is 59.3 Å². The number of fused-ring (bicyclic) bond motifs is 5. The maximum atomic E-state index is 5.75. The van der Waals surface area contributed by atoms with Crippen LogP contribution in [0, 0.1) is 11.8 Å². The second-order valence-electron chi connectivity index (χ2n) is 6.16. The maximum Gasteiger partial charge on any atom is 0.188 e. The van der Waals surface area contributed by atoms with E-state index in [1.807, 2.05) is 0 Å². The molecule has 19 heavy (non-hydrogen) atoms. The van der Waals surface area contributed by atoms with Gasteiger partial charge in [-0.3, -0.25) is 0 Å². The van der Waals surface area contributed by atoms with Gasteiger partial charge in [-0.2, -0.15) is 0 Å². The van der Waals surface area contributed by atoms with E-state index in [4.69, 9.17) is 9.47 Å². The first kappa shape index (κ1) is 13.0. The number of ether oxygens (including phenoxy) is 2. The molecule has 104 valence electrons. The Morgan fingerprint density at radius 1 is 1.11 bits per heavy atom. The van der Waals surface area contributed by atoms with Crippen molar-refractivity contribution in [2.75, 3.05) is 13.9 Å². The second-order valence-corrected chi connectivity index (χ2v) is 6.16. The molecule has 1 fully saturated rings. The van der Waals surface area contributed by atoms with Crippen LogP contribution in [0.15, 0.2) is 12.1 Å². The van der Waals surface area contributed by atoms with E-state index in [0.717, 1.165) is 35.8 Å². The third kappa shape index (κ3) is 1.88. The average molecular weight is 260 g/mol. The Morgan fingerprint density at radius 2 is 1.74 bits per heavy atom. The normalized spacial score (nSPS) is 31.6. The van der Waals surface area contributed by atoms with Crippen LogP contribution in [0.5, 0.6) is 5.75 Å². The van der Waals surface area contributed by atoms with Crippen molar-refractivity contribution in [1.82, 2.24) is 0 Å².